The van der Waals surface area contributed by atoms with Crippen LogP contribution in [0.2, 0.25) is 0 Å². The van der Waals surface area contributed by atoms with Crippen molar-refractivity contribution in [1.82, 2.24) is 4.90 Å². The van der Waals surface area contributed by atoms with Gasteiger partial charge < -0.3 is 11.1 Å². The van der Waals surface area contributed by atoms with Gasteiger partial charge in [-0.3, -0.25) is 9.69 Å². The lowest BCUT2D eigenvalue weighted by Gasteiger charge is -2.45. The quantitative estimate of drug-likeness (QED) is 0.579. The van der Waals surface area contributed by atoms with Gasteiger partial charge in [-0.25, -0.2) is 0 Å². The summed E-state index contributed by atoms with van der Waals surface area (Å²) in [6, 6.07) is 8.65. The number of unbranched alkanes of at least 4 members (excludes halogenated alkanes) is 1. The standard InChI is InChI=1S/C27H43N3O/c1-4-5-12-26(30-18(2)8-6-9-19(30)3)23-10-7-11-25-24(23)17-21(27(31)29-25)15-20-13-14-22(28)16-20/h7,10-11,18-22,26H,4-6,8-9,12-17,28H2,1-3H3,(H,29,31). The van der Waals surface area contributed by atoms with Crippen LogP contribution in [0.4, 0.5) is 5.69 Å². The van der Waals surface area contributed by atoms with Crippen LogP contribution in [-0.2, 0) is 11.2 Å². The molecule has 1 aromatic carbocycles. The van der Waals surface area contributed by atoms with E-state index in [1.165, 1.54) is 56.1 Å². The smallest absolute Gasteiger partial charge is 0.227 e. The molecule has 172 valence electrons. The SMILES string of the molecule is CCCCC(c1cccc2c1CC(CC1CCC(N)C1)C(=O)N2)N1C(C)CCCC1C. The van der Waals surface area contributed by atoms with Crippen molar-refractivity contribution < 1.29 is 4.79 Å². The Labute approximate surface area is 189 Å². The molecule has 0 aromatic heterocycles. The number of carbonyl (C=O) groups excluding carboxylic acids is 1. The number of carbonyl (C=O) groups is 1. The molecule has 0 bridgehead atoms. The first-order valence-corrected chi connectivity index (χ1v) is 12.9. The van der Waals surface area contributed by atoms with Crippen LogP contribution in [0.25, 0.3) is 0 Å². The monoisotopic (exact) mass is 425 g/mol. The lowest BCUT2D eigenvalue weighted by molar-refractivity contribution is -0.120. The molecular formula is C27H43N3O. The number of likely N-dealkylation sites (tertiary alicyclic amines) is 1. The van der Waals surface area contributed by atoms with Crippen molar-refractivity contribution in [2.45, 2.75) is 116 Å². The maximum atomic E-state index is 12.9. The van der Waals surface area contributed by atoms with Gasteiger partial charge in [0.1, 0.15) is 0 Å². The van der Waals surface area contributed by atoms with E-state index in [1.54, 1.807) is 0 Å². The summed E-state index contributed by atoms with van der Waals surface area (Å²) in [7, 11) is 0. The van der Waals surface area contributed by atoms with Gasteiger partial charge in [0.25, 0.3) is 0 Å². The molecule has 2 heterocycles. The maximum absolute atomic E-state index is 12.9. The number of anilines is 1. The first-order valence-electron chi connectivity index (χ1n) is 12.9. The van der Waals surface area contributed by atoms with Crippen LogP contribution >= 0.6 is 0 Å². The molecule has 6 atom stereocenters. The third-order valence-electron chi connectivity index (χ3n) is 8.30. The predicted molar refractivity (Wildman–Crippen MR) is 129 cm³/mol. The average molecular weight is 426 g/mol. The molecule has 4 nitrogen and oxygen atoms in total. The molecule has 0 radical (unpaired) electrons. The largest absolute Gasteiger partial charge is 0.328 e. The van der Waals surface area contributed by atoms with E-state index >= 15 is 0 Å². The van der Waals surface area contributed by atoms with Gasteiger partial charge in [0.15, 0.2) is 0 Å². The van der Waals surface area contributed by atoms with Crippen LogP contribution in [0, 0.1) is 11.8 Å². The number of fused-ring (bicyclic) bond motifs is 1. The highest BCUT2D eigenvalue weighted by molar-refractivity contribution is 5.96. The molecule has 4 rings (SSSR count). The first kappa shape index (κ1) is 22.8. The van der Waals surface area contributed by atoms with Crippen molar-refractivity contribution in [3.63, 3.8) is 0 Å². The summed E-state index contributed by atoms with van der Waals surface area (Å²) in [5, 5.41) is 3.28. The molecule has 1 amide bonds. The minimum atomic E-state index is 0.0898. The number of benzene rings is 1. The van der Waals surface area contributed by atoms with Crippen LogP contribution in [0.1, 0.15) is 102 Å². The van der Waals surface area contributed by atoms with Gasteiger partial charge in [-0.05, 0) is 88.3 Å². The summed E-state index contributed by atoms with van der Waals surface area (Å²) in [5.74, 6) is 0.916. The Morgan fingerprint density at radius 3 is 2.61 bits per heavy atom. The molecule has 4 heteroatoms. The van der Waals surface area contributed by atoms with Crippen molar-refractivity contribution in [3.05, 3.63) is 29.3 Å². The van der Waals surface area contributed by atoms with Crippen molar-refractivity contribution >= 4 is 11.6 Å². The molecule has 2 fully saturated rings. The molecule has 3 aliphatic rings. The average Bonchev–Trinajstić information content (AvgIpc) is 3.15. The van der Waals surface area contributed by atoms with Gasteiger partial charge in [-0.1, -0.05) is 38.3 Å². The number of nitrogens with zero attached hydrogens (tertiary/aromatic N) is 1. The lowest BCUT2D eigenvalue weighted by Crippen LogP contribution is -2.46. The second-order valence-electron chi connectivity index (χ2n) is 10.7. The second kappa shape index (κ2) is 10.0. The number of hydrogen-bond donors (Lipinski definition) is 2. The fourth-order valence-electron chi connectivity index (χ4n) is 6.67. The van der Waals surface area contributed by atoms with Gasteiger partial charge in [0.2, 0.25) is 5.91 Å². The molecule has 6 unspecified atom stereocenters. The number of piperidine rings is 1. The highest BCUT2D eigenvalue weighted by Gasteiger charge is 2.36. The van der Waals surface area contributed by atoms with E-state index in [4.69, 9.17) is 5.73 Å². The fourth-order valence-corrected chi connectivity index (χ4v) is 6.67. The number of amides is 1. The summed E-state index contributed by atoms with van der Waals surface area (Å²) in [5.41, 5.74) is 10.1. The number of hydrogen-bond acceptors (Lipinski definition) is 3. The number of rotatable bonds is 7. The Hall–Kier alpha value is -1.39. The molecule has 1 aliphatic carbocycles. The van der Waals surface area contributed by atoms with Gasteiger partial charge >= 0.3 is 0 Å². The molecule has 1 saturated carbocycles. The first-order chi connectivity index (χ1) is 15.0. The molecule has 1 aromatic rings. The van der Waals surface area contributed by atoms with E-state index in [2.05, 4.69) is 49.2 Å². The Balaban J connectivity index is 1.62. The van der Waals surface area contributed by atoms with Gasteiger partial charge in [0.05, 0.1) is 0 Å². The fraction of sp³-hybridized carbons (Fsp3) is 0.741. The van der Waals surface area contributed by atoms with E-state index in [-0.39, 0.29) is 11.8 Å². The van der Waals surface area contributed by atoms with Gasteiger partial charge in [0, 0.05) is 35.8 Å². The van der Waals surface area contributed by atoms with Crippen molar-refractivity contribution in [3.8, 4) is 0 Å². The third-order valence-corrected chi connectivity index (χ3v) is 8.30. The van der Waals surface area contributed by atoms with Crippen molar-refractivity contribution in [1.29, 1.82) is 0 Å². The molecule has 3 N–H and O–H groups in total. The highest BCUT2D eigenvalue weighted by atomic mass is 16.1. The zero-order chi connectivity index (χ0) is 22.0. The van der Waals surface area contributed by atoms with Crippen LogP contribution in [0.5, 0.6) is 0 Å². The molecular weight excluding hydrogens is 382 g/mol. The van der Waals surface area contributed by atoms with Crippen LogP contribution < -0.4 is 11.1 Å². The van der Waals surface area contributed by atoms with E-state index in [0.29, 0.717) is 30.1 Å². The molecule has 1 saturated heterocycles. The van der Waals surface area contributed by atoms with E-state index in [9.17, 15) is 4.79 Å². The molecule has 31 heavy (non-hydrogen) atoms. The Kier molecular flexibility index (Phi) is 7.38. The highest BCUT2D eigenvalue weighted by Crippen LogP contribution is 2.42. The van der Waals surface area contributed by atoms with Crippen LogP contribution in [-0.4, -0.2) is 28.9 Å². The summed E-state index contributed by atoms with van der Waals surface area (Å²) >= 11 is 0. The molecule has 2 aliphatic heterocycles. The summed E-state index contributed by atoms with van der Waals surface area (Å²) in [4.78, 5) is 15.7. The maximum Gasteiger partial charge on any atom is 0.227 e. The molecule has 0 spiro atoms. The van der Waals surface area contributed by atoms with Crippen LogP contribution in [0.3, 0.4) is 0 Å². The summed E-state index contributed by atoms with van der Waals surface area (Å²) < 4.78 is 0. The minimum Gasteiger partial charge on any atom is -0.328 e. The third kappa shape index (κ3) is 5.01. The number of nitrogens with one attached hydrogen (secondary N) is 1. The Morgan fingerprint density at radius 1 is 1.16 bits per heavy atom. The Morgan fingerprint density at radius 2 is 1.94 bits per heavy atom. The van der Waals surface area contributed by atoms with Crippen molar-refractivity contribution in [2.24, 2.45) is 17.6 Å². The lowest BCUT2D eigenvalue weighted by atomic mass is 9.80. The summed E-state index contributed by atoms with van der Waals surface area (Å²) in [6.45, 7) is 7.12. The number of nitrogens with two attached hydrogens (primary N) is 1. The zero-order valence-corrected chi connectivity index (χ0v) is 19.9. The zero-order valence-electron chi connectivity index (χ0n) is 19.9. The predicted octanol–water partition coefficient (Wildman–Crippen LogP) is 5.81. The van der Waals surface area contributed by atoms with E-state index in [1.807, 2.05) is 0 Å². The summed E-state index contributed by atoms with van der Waals surface area (Å²) in [6.07, 6.45) is 12.9. The van der Waals surface area contributed by atoms with E-state index < -0.39 is 0 Å². The van der Waals surface area contributed by atoms with Crippen molar-refractivity contribution in [2.75, 3.05) is 5.32 Å². The van der Waals surface area contributed by atoms with E-state index in [0.717, 1.165) is 31.4 Å². The van der Waals surface area contributed by atoms with Gasteiger partial charge in [-0.2, -0.15) is 0 Å². The van der Waals surface area contributed by atoms with Gasteiger partial charge in [-0.15, -0.1) is 0 Å². The normalized spacial score (nSPS) is 32.5. The van der Waals surface area contributed by atoms with Crippen LogP contribution in [0.15, 0.2) is 18.2 Å². The Bertz CT molecular complexity index is 753. The topological polar surface area (TPSA) is 58.4 Å². The second-order valence-corrected chi connectivity index (χ2v) is 10.7. The minimum absolute atomic E-state index is 0.0898.